The number of hydrogen-bond acceptors (Lipinski definition) is 2. The van der Waals surface area contributed by atoms with Gasteiger partial charge in [0.1, 0.15) is 0 Å². The minimum atomic E-state index is -1.48. The third-order valence-electron chi connectivity index (χ3n) is 8.28. The fraction of sp³-hybridized carbons (Fsp3) is 0.432. The van der Waals surface area contributed by atoms with Crippen molar-refractivity contribution in [3.8, 4) is 11.3 Å². The maximum Gasteiger partial charge on any atom is 3.00 e. The number of aromatic nitrogens is 1. The molecule has 3 aliphatic rings. The zero-order valence-electron chi connectivity index (χ0n) is 29.2. The standard InChI is InChI=1S/2C11H19NSi.C11H8N.C4H8O.Fe.Y/c2*1-11(2,3)13(4,5)12-10-8-6-7-9-10;1-2-6-10(7-3-1)11-8-4-5-9-12-11;1-2-4-5-3-1;;/h2*6-9H,1-5H3;1-8H;1-4H2;;/q3*-1;;+2;+3. The van der Waals surface area contributed by atoms with Crippen molar-refractivity contribution in [3.63, 3.8) is 0 Å². The van der Waals surface area contributed by atoms with Crippen LogP contribution in [0.5, 0.6) is 0 Å². The molecule has 0 N–H and O–H groups in total. The van der Waals surface area contributed by atoms with Crippen molar-refractivity contribution in [1.82, 2.24) is 4.98 Å². The third kappa shape index (κ3) is 17.5. The summed E-state index contributed by atoms with van der Waals surface area (Å²) in [6.07, 6.45) is 21.9. The fourth-order valence-corrected chi connectivity index (χ4v) is 5.72. The smallest absolute Gasteiger partial charge is 0.659 e. The quantitative estimate of drug-likeness (QED) is 0.225. The normalized spacial score (nSPS) is 17.4. The van der Waals surface area contributed by atoms with Crippen LogP contribution < -0.4 is 0 Å². The number of hydrogen-bond donors (Lipinski definition) is 0. The number of nitrogens with zero attached hydrogens (tertiary/aromatic N) is 3. The molecule has 8 heteroatoms. The van der Waals surface area contributed by atoms with Crippen molar-refractivity contribution in [2.45, 2.75) is 90.6 Å². The second-order valence-corrected chi connectivity index (χ2v) is 23.6. The molecule has 1 aromatic carbocycles. The van der Waals surface area contributed by atoms with E-state index in [9.17, 15) is 0 Å². The monoisotopic (exact) mass is 757 g/mol. The van der Waals surface area contributed by atoms with E-state index in [0.717, 1.165) is 36.6 Å². The van der Waals surface area contributed by atoms with Gasteiger partial charge >= 0.3 is 49.8 Å². The summed E-state index contributed by atoms with van der Waals surface area (Å²) in [5.74, 6) is 0. The second kappa shape index (κ2) is 22.1. The third-order valence-corrected chi connectivity index (χ3v) is 17.3. The van der Waals surface area contributed by atoms with Gasteiger partial charge in [-0.2, -0.15) is 12.1 Å². The van der Waals surface area contributed by atoms with Crippen LogP contribution in [0.2, 0.25) is 36.3 Å². The number of pyridine rings is 1. The maximum absolute atomic E-state index is 4.94. The Balaban J connectivity index is 0.000000586. The summed E-state index contributed by atoms with van der Waals surface area (Å²) >= 11 is 0. The summed E-state index contributed by atoms with van der Waals surface area (Å²) in [6, 6.07) is 18.1. The molecule has 45 heavy (non-hydrogen) atoms. The van der Waals surface area contributed by atoms with Crippen molar-refractivity contribution in [1.29, 1.82) is 0 Å². The molecule has 0 amide bonds. The van der Waals surface area contributed by atoms with E-state index in [1.54, 1.807) is 6.07 Å². The summed E-state index contributed by atoms with van der Waals surface area (Å²) in [6.45, 7) is 25.0. The van der Waals surface area contributed by atoms with Crippen LogP contribution in [-0.2, 0) is 54.5 Å². The predicted molar refractivity (Wildman–Crippen MR) is 191 cm³/mol. The molecule has 10 radical (unpaired) electrons. The molecule has 5 rings (SSSR count). The van der Waals surface area contributed by atoms with Gasteiger partial charge in [0.25, 0.3) is 0 Å². The molecule has 4 nitrogen and oxygen atoms in total. The van der Waals surface area contributed by atoms with E-state index in [0.29, 0.717) is 10.1 Å². The summed E-state index contributed by atoms with van der Waals surface area (Å²) in [7, 11) is -2.97. The van der Waals surface area contributed by atoms with Gasteiger partial charge in [0, 0.05) is 13.2 Å². The van der Waals surface area contributed by atoms with Crippen molar-refractivity contribution >= 4 is 16.5 Å². The van der Waals surface area contributed by atoms with Crippen LogP contribution in [0.25, 0.3) is 21.2 Å². The van der Waals surface area contributed by atoms with E-state index < -0.39 is 16.5 Å². The van der Waals surface area contributed by atoms with E-state index in [1.165, 1.54) is 12.8 Å². The molecule has 1 aromatic heterocycles. The van der Waals surface area contributed by atoms with Gasteiger partial charge in [-0.3, -0.25) is 0 Å². The summed E-state index contributed by atoms with van der Waals surface area (Å²) in [4.78, 5) is 13.8. The molecule has 0 bridgehead atoms. The predicted octanol–water partition coefficient (Wildman–Crippen LogP) is 10.8. The molecule has 3 fully saturated rings. The maximum atomic E-state index is 4.94. The molecule has 2 aromatic rings. The van der Waals surface area contributed by atoms with Gasteiger partial charge in [-0.05, 0) is 44.2 Å². The van der Waals surface area contributed by atoms with Crippen LogP contribution in [0.3, 0.4) is 0 Å². The van der Waals surface area contributed by atoms with E-state index in [2.05, 4.69) is 105 Å². The first kappa shape index (κ1) is 45.3. The zero-order valence-corrected chi connectivity index (χ0v) is 35.2. The number of rotatable bonds is 5. The summed E-state index contributed by atoms with van der Waals surface area (Å²) in [5, 5.41) is 0.675. The van der Waals surface area contributed by atoms with E-state index in [-0.39, 0.29) is 49.8 Å². The van der Waals surface area contributed by atoms with Gasteiger partial charge in [-0.15, -0.1) is 18.2 Å². The van der Waals surface area contributed by atoms with Crippen LogP contribution in [0.1, 0.15) is 54.4 Å². The van der Waals surface area contributed by atoms with Crippen molar-refractivity contribution in [2.75, 3.05) is 13.2 Å². The van der Waals surface area contributed by atoms with Gasteiger partial charge in [-0.1, -0.05) is 162 Å². The average molecular weight is 758 g/mol. The molecule has 1 aliphatic heterocycles. The van der Waals surface area contributed by atoms with E-state index >= 15 is 0 Å². The molecule has 2 heterocycles. The number of ether oxygens (including phenoxy) is 1. The van der Waals surface area contributed by atoms with Gasteiger partial charge in [-0.25, -0.2) is 0 Å². The van der Waals surface area contributed by atoms with E-state index in [4.69, 9.17) is 14.7 Å². The molecule has 0 spiro atoms. The van der Waals surface area contributed by atoms with Gasteiger partial charge in [0.15, 0.2) is 0 Å². The molecule has 0 unspecified atom stereocenters. The Morgan fingerprint density at radius 2 is 1.09 bits per heavy atom. The van der Waals surface area contributed by atoms with Crippen molar-refractivity contribution in [3.05, 3.63) is 128 Å². The van der Waals surface area contributed by atoms with Crippen molar-refractivity contribution < 1.29 is 54.5 Å². The zero-order chi connectivity index (χ0) is 32.0. The van der Waals surface area contributed by atoms with Crippen molar-refractivity contribution in [2.24, 2.45) is 0 Å². The molecular formula is C37H54FeN3OSi2Y+2. The van der Waals surface area contributed by atoms with Crippen LogP contribution in [-0.4, -0.2) is 34.7 Å². The molecular weight excluding hydrogens is 703 g/mol. The SMILES string of the molecule is C1CCOC1.CC(C)(C)[Si](C)(C)[N-][C]1[CH][CH][CH][CH]1.CC(C)(C)[Si](C)(C)[N-][C]1[CH][CH][CH][CH]1.[Fe+2].[Y+3].[c-]1cccc(-c2ccccc2)n1. The van der Waals surface area contributed by atoms with E-state index in [1.807, 2.05) is 68.1 Å². The Labute approximate surface area is 316 Å². The van der Waals surface area contributed by atoms with Crippen LogP contribution in [0.4, 0.5) is 0 Å². The van der Waals surface area contributed by atoms with Crippen LogP contribution >= 0.6 is 0 Å². The Morgan fingerprint density at radius 3 is 1.40 bits per heavy atom. The van der Waals surface area contributed by atoms with Gasteiger partial charge in [0.2, 0.25) is 0 Å². The Morgan fingerprint density at radius 1 is 0.667 bits per heavy atom. The van der Waals surface area contributed by atoms with Crippen LogP contribution in [0, 0.1) is 69.6 Å². The molecule has 240 valence electrons. The minimum Gasteiger partial charge on any atom is -0.659 e. The van der Waals surface area contributed by atoms with Gasteiger partial charge in [0.05, 0.1) is 0 Å². The molecule has 0 atom stereocenters. The molecule has 2 aliphatic carbocycles. The minimum absolute atomic E-state index is 0. The number of benzene rings is 1. The molecule has 1 saturated heterocycles. The molecule has 2 saturated carbocycles. The first-order chi connectivity index (χ1) is 20.1. The topological polar surface area (TPSA) is 50.3 Å². The van der Waals surface area contributed by atoms with Gasteiger partial charge < -0.3 is 19.7 Å². The summed E-state index contributed by atoms with van der Waals surface area (Å²) in [5.41, 5.74) is 2.10. The fourth-order valence-electron chi connectivity index (χ4n) is 3.46. The Kier molecular flexibility index (Phi) is 22.3. The Bertz CT molecular complexity index is 913. The van der Waals surface area contributed by atoms with Crippen LogP contribution in [0.15, 0.2) is 48.5 Å². The first-order valence-corrected chi connectivity index (χ1v) is 21.4. The summed E-state index contributed by atoms with van der Waals surface area (Å²) < 4.78 is 4.94. The first-order valence-electron chi connectivity index (χ1n) is 15.5. The largest absolute Gasteiger partial charge is 3.00 e. The Hall–Kier alpha value is 0.307. The second-order valence-electron chi connectivity index (χ2n) is 14.0. The average Bonchev–Trinajstić information content (AvgIpc) is 3.75.